The van der Waals surface area contributed by atoms with Gasteiger partial charge in [0.05, 0.1) is 22.1 Å². The summed E-state index contributed by atoms with van der Waals surface area (Å²) in [7, 11) is 0. The highest BCUT2D eigenvalue weighted by atomic mass is 15.0. The molecular weight excluding hydrogens is 749 g/mol. The fourth-order valence-corrected chi connectivity index (χ4v) is 10.2. The summed E-state index contributed by atoms with van der Waals surface area (Å²) in [4.78, 5) is 0. The SMILES string of the molecule is CCCCc1ccc(-n2c3ccccc3c3cc(-c4ccc5c(c4)c4ccccc4n5-c4ccc(-c5c6ccccc6c(-c6ccccc6)c6ccccc56)cc4)ccc32)cc1. The standard InChI is InChI=1S/C60H44N2/c1-2-3-15-40-26-32-45(33-27-40)61-55-24-13-11-18-47(55)53-38-43(30-36-57(53)61)44-31-37-58-54(39-44)48-19-12-14-25-56(48)62(58)46-34-28-42(29-35-46)60-51-22-9-7-20-49(51)59(41-16-5-4-6-17-41)50-21-8-10-23-52(50)60/h4-14,16-39H,2-3,15H2,1H3. The van der Waals surface area contributed by atoms with Crippen molar-refractivity contribution in [2.75, 3.05) is 0 Å². The summed E-state index contributed by atoms with van der Waals surface area (Å²) in [6.45, 7) is 2.26. The predicted octanol–water partition coefficient (Wildman–Crippen LogP) is 16.5. The van der Waals surface area contributed by atoms with Gasteiger partial charge in [0, 0.05) is 32.9 Å². The molecule has 0 aliphatic heterocycles. The zero-order valence-electron chi connectivity index (χ0n) is 34.7. The van der Waals surface area contributed by atoms with Gasteiger partial charge >= 0.3 is 0 Å². The van der Waals surface area contributed by atoms with Crippen molar-refractivity contribution in [2.45, 2.75) is 26.2 Å². The van der Waals surface area contributed by atoms with Gasteiger partial charge in [-0.2, -0.15) is 0 Å². The highest BCUT2D eigenvalue weighted by molar-refractivity contribution is 6.21. The van der Waals surface area contributed by atoms with Crippen LogP contribution in [-0.2, 0) is 6.42 Å². The van der Waals surface area contributed by atoms with Crippen LogP contribution in [0.2, 0.25) is 0 Å². The van der Waals surface area contributed by atoms with E-state index in [4.69, 9.17) is 0 Å². The molecule has 0 aliphatic rings. The average molecular weight is 793 g/mol. The molecule has 2 heterocycles. The number of aromatic nitrogens is 2. The third kappa shape index (κ3) is 5.79. The maximum atomic E-state index is 2.43. The van der Waals surface area contributed by atoms with Crippen molar-refractivity contribution in [3.05, 3.63) is 218 Å². The van der Waals surface area contributed by atoms with E-state index < -0.39 is 0 Å². The second-order valence-corrected chi connectivity index (χ2v) is 16.7. The van der Waals surface area contributed by atoms with E-state index in [1.807, 2.05) is 0 Å². The van der Waals surface area contributed by atoms with E-state index in [0.717, 1.165) is 12.1 Å². The molecule has 2 nitrogen and oxygen atoms in total. The number of benzene rings is 10. The summed E-state index contributed by atoms with van der Waals surface area (Å²) < 4.78 is 4.85. The van der Waals surface area contributed by atoms with Crippen LogP contribution in [0.4, 0.5) is 0 Å². The second-order valence-electron chi connectivity index (χ2n) is 16.7. The fourth-order valence-electron chi connectivity index (χ4n) is 10.2. The van der Waals surface area contributed by atoms with Crippen LogP contribution in [-0.4, -0.2) is 9.13 Å². The first-order valence-corrected chi connectivity index (χ1v) is 22.0. The second kappa shape index (κ2) is 14.8. The van der Waals surface area contributed by atoms with Gasteiger partial charge < -0.3 is 9.13 Å². The van der Waals surface area contributed by atoms with Crippen LogP contribution in [0.3, 0.4) is 0 Å². The molecular formula is C60H44N2. The average Bonchev–Trinajstić information content (AvgIpc) is 3.85. The molecule has 0 atom stereocenters. The summed E-state index contributed by atoms with van der Waals surface area (Å²) in [5.41, 5.74) is 16.1. The number of hydrogen-bond donors (Lipinski definition) is 0. The van der Waals surface area contributed by atoms with Crippen molar-refractivity contribution in [2.24, 2.45) is 0 Å². The van der Waals surface area contributed by atoms with Gasteiger partial charge in [0.25, 0.3) is 0 Å². The third-order valence-corrected chi connectivity index (χ3v) is 13.1. The van der Waals surface area contributed by atoms with E-state index in [9.17, 15) is 0 Å². The first-order valence-electron chi connectivity index (χ1n) is 22.0. The molecule has 2 aromatic heterocycles. The smallest absolute Gasteiger partial charge is 0.0541 e. The lowest BCUT2D eigenvalue weighted by atomic mass is 9.86. The Morgan fingerprint density at radius 1 is 0.306 bits per heavy atom. The summed E-state index contributed by atoms with van der Waals surface area (Å²) >= 11 is 0. The van der Waals surface area contributed by atoms with Crippen LogP contribution >= 0.6 is 0 Å². The lowest BCUT2D eigenvalue weighted by molar-refractivity contribution is 0.795. The topological polar surface area (TPSA) is 9.86 Å². The molecule has 2 heteroatoms. The molecule has 62 heavy (non-hydrogen) atoms. The molecule has 0 unspecified atom stereocenters. The molecule has 0 spiro atoms. The Bertz CT molecular complexity index is 3590. The maximum absolute atomic E-state index is 2.43. The zero-order valence-corrected chi connectivity index (χ0v) is 34.7. The third-order valence-electron chi connectivity index (χ3n) is 13.1. The van der Waals surface area contributed by atoms with Gasteiger partial charge in [-0.25, -0.2) is 0 Å². The summed E-state index contributed by atoms with van der Waals surface area (Å²) in [5.74, 6) is 0. The number of fused-ring (bicyclic) bond motifs is 8. The Morgan fingerprint density at radius 2 is 0.677 bits per heavy atom. The highest BCUT2D eigenvalue weighted by Crippen LogP contribution is 2.44. The van der Waals surface area contributed by atoms with Crippen molar-refractivity contribution in [1.29, 1.82) is 0 Å². The quantitative estimate of drug-likeness (QED) is 0.136. The largest absolute Gasteiger partial charge is 0.309 e. The molecule has 0 amide bonds. The van der Waals surface area contributed by atoms with Crippen molar-refractivity contribution in [1.82, 2.24) is 9.13 Å². The van der Waals surface area contributed by atoms with Crippen LogP contribution < -0.4 is 0 Å². The number of para-hydroxylation sites is 2. The Balaban J connectivity index is 0.960. The van der Waals surface area contributed by atoms with E-state index in [0.29, 0.717) is 0 Å². The summed E-state index contributed by atoms with van der Waals surface area (Å²) in [5, 5.41) is 10.1. The fraction of sp³-hybridized carbons (Fsp3) is 0.0667. The van der Waals surface area contributed by atoms with Gasteiger partial charge in [0.2, 0.25) is 0 Å². The molecule has 0 bridgehead atoms. The number of hydrogen-bond acceptors (Lipinski definition) is 0. The zero-order chi connectivity index (χ0) is 41.1. The van der Waals surface area contributed by atoms with Gasteiger partial charge in [-0.15, -0.1) is 0 Å². The molecule has 0 fully saturated rings. The van der Waals surface area contributed by atoms with Gasteiger partial charge in [-0.05, 0) is 134 Å². The van der Waals surface area contributed by atoms with Gasteiger partial charge in [-0.3, -0.25) is 0 Å². The first-order chi connectivity index (χ1) is 30.7. The number of unbranched alkanes of at least 4 members (excludes halogenated alkanes) is 1. The molecule has 0 radical (unpaired) electrons. The molecule has 12 aromatic rings. The van der Waals surface area contributed by atoms with Crippen LogP contribution in [0.25, 0.3) is 110 Å². The Morgan fingerprint density at radius 3 is 1.15 bits per heavy atom. The lowest BCUT2D eigenvalue weighted by Gasteiger charge is -2.18. The van der Waals surface area contributed by atoms with Crippen molar-refractivity contribution < 1.29 is 0 Å². The minimum Gasteiger partial charge on any atom is -0.309 e. The molecule has 294 valence electrons. The van der Waals surface area contributed by atoms with Crippen LogP contribution in [0, 0.1) is 0 Å². The van der Waals surface area contributed by atoms with Crippen LogP contribution in [0.5, 0.6) is 0 Å². The predicted molar refractivity (Wildman–Crippen MR) is 265 cm³/mol. The van der Waals surface area contributed by atoms with E-state index >= 15 is 0 Å². The van der Waals surface area contributed by atoms with Crippen molar-refractivity contribution >= 4 is 65.2 Å². The van der Waals surface area contributed by atoms with Gasteiger partial charge in [0.1, 0.15) is 0 Å². The minimum absolute atomic E-state index is 1.13. The Kier molecular flexibility index (Phi) is 8.64. The monoisotopic (exact) mass is 792 g/mol. The van der Waals surface area contributed by atoms with Gasteiger partial charge in [-0.1, -0.05) is 165 Å². The van der Waals surface area contributed by atoms with E-state index in [1.165, 1.54) is 123 Å². The first kappa shape index (κ1) is 36.2. The summed E-state index contributed by atoms with van der Waals surface area (Å²) in [6, 6.07) is 78.7. The van der Waals surface area contributed by atoms with Crippen molar-refractivity contribution in [3.63, 3.8) is 0 Å². The molecule has 0 aliphatic carbocycles. The Labute approximate surface area is 361 Å². The molecule has 0 saturated heterocycles. The van der Waals surface area contributed by atoms with Crippen LogP contribution in [0.1, 0.15) is 25.3 Å². The normalized spacial score (nSPS) is 11.8. The van der Waals surface area contributed by atoms with Crippen molar-refractivity contribution in [3.8, 4) is 44.8 Å². The van der Waals surface area contributed by atoms with Crippen LogP contribution in [0.15, 0.2) is 212 Å². The number of rotatable bonds is 8. The molecule has 12 rings (SSSR count). The van der Waals surface area contributed by atoms with E-state index in [-0.39, 0.29) is 0 Å². The Hall–Kier alpha value is -7.68. The van der Waals surface area contributed by atoms with E-state index in [2.05, 4.69) is 228 Å². The van der Waals surface area contributed by atoms with Gasteiger partial charge in [0.15, 0.2) is 0 Å². The lowest BCUT2D eigenvalue weighted by Crippen LogP contribution is -1.95. The molecule has 0 saturated carbocycles. The molecule has 0 N–H and O–H groups in total. The number of nitrogens with zero attached hydrogens (tertiary/aromatic N) is 2. The van der Waals surface area contributed by atoms with E-state index in [1.54, 1.807) is 0 Å². The highest BCUT2D eigenvalue weighted by Gasteiger charge is 2.19. The maximum Gasteiger partial charge on any atom is 0.0541 e. The molecule has 10 aromatic carbocycles. The number of aryl methyl sites for hydroxylation is 1. The summed E-state index contributed by atoms with van der Waals surface area (Å²) in [6.07, 6.45) is 3.56. The minimum atomic E-state index is 1.13.